The summed E-state index contributed by atoms with van der Waals surface area (Å²) in [5.74, 6) is 4.34. The highest BCUT2D eigenvalue weighted by atomic mass is 16.5. The van der Waals surface area contributed by atoms with Crippen molar-refractivity contribution in [3.63, 3.8) is 0 Å². The Hall–Kier alpha value is -1.63. The molecule has 53 heavy (non-hydrogen) atoms. The van der Waals surface area contributed by atoms with Gasteiger partial charge < -0.3 is 19.1 Å². The molecule has 0 aromatic carbocycles. The predicted molar refractivity (Wildman–Crippen MR) is 221 cm³/mol. The molecule has 0 aliphatic heterocycles. The Labute approximate surface area is 328 Å². The van der Waals surface area contributed by atoms with Crippen LogP contribution < -0.4 is 0 Å². The number of carbonyl (C=O) groups excluding carboxylic acids is 3. The van der Waals surface area contributed by atoms with Gasteiger partial charge in [0.25, 0.3) is 0 Å². The molecule has 312 valence electrons. The molecule has 1 fully saturated rings. The van der Waals surface area contributed by atoms with Gasteiger partial charge in [-0.25, -0.2) is 0 Å². The predicted octanol–water partition coefficient (Wildman–Crippen LogP) is 11.8. The lowest BCUT2D eigenvalue weighted by atomic mass is 9.73. The molecule has 0 saturated heterocycles. The largest absolute Gasteiger partial charge is 0.465 e. The molecule has 1 rings (SSSR count). The van der Waals surface area contributed by atoms with Crippen LogP contribution in [0.25, 0.3) is 0 Å². The van der Waals surface area contributed by atoms with Crippen molar-refractivity contribution in [2.24, 2.45) is 47.3 Å². The van der Waals surface area contributed by atoms with E-state index >= 15 is 0 Å². The summed E-state index contributed by atoms with van der Waals surface area (Å²) in [6, 6.07) is 0. The second kappa shape index (κ2) is 29.6. The lowest BCUT2D eigenvalue weighted by Crippen LogP contribution is -2.34. The summed E-state index contributed by atoms with van der Waals surface area (Å²) in [4.78, 5) is 39.9. The van der Waals surface area contributed by atoms with Gasteiger partial charge >= 0.3 is 17.9 Å². The minimum atomic E-state index is -0.0566. The number of hydrogen-bond acceptors (Lipinski definition) is 7. The fourth-order valence-electron chi connectivity index (χ4n) is 7.64. The summed E-state index contributed by atoms with van der Waals surface area (Å²) in [5, 5.41) is 0. The maximum absolute atomic E-state index is 12.9. The number of hydrogen-bond donors (Lipinski definition) is 0. The number of nitrogens with zero attached hydrogens (tertiary/aromatic N) is 1. The summed E-state index contributed by atoms with van der Waals surface area (Å²) >= 11 is 0. The average molecular weight is 750 g/mol. The fourth-order valence-corrected chi connectivity index (χ4v) is 7.64. The van der Waals surface area contributed by atoms with Gasteiger partial charge in [0, 0.05) is 25.8 Å². The molecule has 0 amide bonds. The number of carbonyl (C=O) groups is 3. The SMILES string of the molecule is CC(C)CCC(COC(=O)CCCCCCCC(CCCCCCCC(=O)OCC(CCC(C)C)C(C)C)OC(=O)CC1CC(CN(C)C)C1)C(C)C. The Morgan fingerprint density at radius 1 is 0.528 bits per heavy atom. The molecule has 0 spiro atoms. The Morgan fingerprint density at radius 3 is 1.34 bits per heavy atom. The highest BCUT2D eigenvalue weighted by Crippen LogP contribution is 2.37. The smallest absolute Gasteiger partial charge is 0.306 e. The molecule has 2 unspecified atom stereocenters. The van der Waals surface area contributed by atoms with Crippen LogP contribution in [0.3, 0.4) is 0 Å². The topological polar surface area (TPSA) is 82.1 Å². The number of rotatable bonds is 33. The van der Waals surface area contributed by atoms with Gasteiger partial charge in [-0.1, -0.05) is 107 Å². The van der Waals surface area contributed by atoms with Gasteiger partial charge in [0.15, 0.2) is 0 Å². The van der Waals surface area contributed by atoms with Crippen LogP contribution in [-0.4, -0.2) is 62.8 Å². The minimum Gasteiger partial charge on any atom is -0.465 e. The van der Waals surface area contributed by atoms with E-state index in [4.69, 9.17) is 14.2 Å². The first kappa shape index (κ1) is 49.4. The fraction of sp³-hybridized carbons (Fsp3) is 0.935. The van der Waals surface area contributed by atoms with Gasteiger partial charge in [-0.05, 0) is 126 Å². The zero-order valence-electron chi connectivity index (χ0n) is 36.6. The molecule has 7 heteroatoms. The van der Waals surface area contributed by atoms with Crippen molar-refractivity contribution in [3.8, 4) is 0 Å². The third-order valence-corrected chi connectivity index (χ3v) is 11.6. The molecule has 1 aliphatic rings. The lowest BCUT2D eigenvalue weighted by Gasteiger charge is -2.36. The summed E-state index contributed by atoms with van der Waals surface area (Å²) in [6.07, 6.45) is 20.5. The van der Waals surface area contributed by atoms with E-state index in [1.54, 1.807) is 0 Å². The molecule has 0 heterocycles. The van der Waals surface area contributed by atoms with E-state index in [-0.39, 0.29) is 24.0 Å². The quantitative estimate of drug-likeness (QED) is 0.0375. The Balaban J connectivity index is 2.36. The van der Waals surface area contributed by atoms with Gasteiger partial charge in [-0.3, -0.25) is 14.4 Å². The van der Waals surface area contributed by atoms with Crippen LogP contribution >= 0.6 is 0 Å². The van der Waals surface area contributed by atoms with Crippen LogP contribution in [0.1, 0.15) is 190 Å². The maximum atomic E-state index is 12.9. The van der Waals surface area contributed by atoms with Gasteiger partial charge in [0.2, 0.25) is 0 Å². The van der Waals surface area contributed by atoms with Crippen LogP contribution in [0, 0.1) is 47.3 Å². The molecule has 1 saturated carbocycles. The second-order valence-electron chi connectivity index (χ2n) is 18.7. The van der Waals surface area contributed by atoms with E-state index in [0.717, 1.165) is 109 Å². The minimum absolute atomic E-state index is 0.0145. The standard InChI is InChI=1S/C46H87NO6/c1-35(2)25-27-41(37(5)6)33-51-44(48)23-19-15-11-13-17-21-43(53-46(50)31-39-29-40(30-39)32-47(9)10)22-18-14-12-16-20-24-45(49)52-34-42(38(7)8)28-26-36(3)4/h35-43H,11-34H2,1-10H3. The number of ether oxygens (including phenoxy) is 3. The van der Waals surface area contributed by atoms with Gasteiger partial charge in [-0.15, -0.1) is 0 Å². The van der Waals surface area contributed by atoms with E-state index in [2.05, 4.69) is 74.4 Å². The van der Waals surface area contributed by atoms with Gasteiger partial charge in [-0.2, -0.15) is 0 Å². The first-order chi connectivity index (χ1) is 25.2. The Bertz CT molecular complexity index is 886. The van der Waals surface area contributed by atoms with Crippen molar-refractivity contribution in [2.75, 3.05) is 33.9 Å². The molecular weight excluding hydrogens is 663 g/mol. The van der Waals surface area contributed by atoms with Gasteiger partial charge in [0.05, 0.1) is 13.2 Å². The van der Waals surface area contributed by atoms with Crippen LogP contribution in [0.2, 0.25) is 0 Å². The van der Waals surface area contributed by atoms with Crippen LogP contribution in [-0.2, 0) is 28.6 Å². The zero-order valence-corrected chi connectivity index (χ0v) is 36.6. The molecule has 0 aromatic heterocycles. The van der Waals surface area contributed by atoms with E-state index in [9.17, 15) is 14.4 Å². The van der Waals surface area contributed by atoms with E-state index in [0.29, 0.717) is 79.8 Å². The molecule has 7 nitrogen and oxygen atoms in total. The Kier molecular flexibility index (Phi) is 27.6. The monoisotopic (exact) mass is 750 g/mol. The van der Waals surface area contributed by atoms with Crippen molar-refractivity contribution in [1.82, 2.24) is 4.90 Å². The van der Waals surface area contributed by atoms with Crippen molar-refractivity contribution >= 4 is 17.9 Å². The van der Waals surface area contributed by atoms with E-state index < -0.39 is 0 Å². The summed E-state index contributed by atoms with van der Waals surface area (Å²) in [5.41, 5.74) is 0. The van der Waals surface area contributed by atoms with E-state index in [1.807, 2.05) is 0 Å². The summed E-state index contributed by atoms with van der Waals surface area (Å²) < 4.78 is 17.4. The number of unbranched alkanes of at least 4 members (excludes halogenated alkanes) is 8. The van der Waals surface area contributed by atoms with Crippen LogP contribution in [0.15, 0.2) is 0 Å². The normalized spacial score (nSPS) is 17.7. The highest BCUT2D eigenvalue weighted by molar-refractivity contribution is 5.70. The Morgan fingerprint density at radius 2 is 0.943 bits per heavy atom. The summed E-state index contributed by atoms with van der Waals surface area (Å²) in [7, 11) is 4.23. The van der Waals surface area contributed by atoms with Crippen molar-refractivity contribution < 1.29 is 28.6 Å². The summed E-state index contributed by atoms with van der Waals surface area (Å²) in [6.45, 7) is 20.1. The molecular formula is C46H87NO6. The van der Waals surface area contributed by atoms with Crippen molar-refractivity contribution in [1.29, 1.82) is 0 Å². The lowest BCUT2D eigenvalue weighted by molar-refractivity contribution is -0.152. The first-order valence-corrected chi connectivity index (χ1v) is 22.3. The van der Waals surface area contributed by atoms with Crippen molar-refractivity contribution in [3.05, 3.63) is 0 Å². The molecule has 0 bridgehead atoms. The first-order valence-electron chi connectivity index (χ1n) is 22.3. The molecule has 0 N–H and O–H groups in total. The zero-order chi connectivity index (χ0) is 39.6. The van der Waals surface area contributed by atoms with Crippen LogP contribution in [0.5, 0.6) is 0 Å². The second-order valence-corrected chi connectivity index (χ2v) is 18.7. The van der Waals surface area contributed by atoms with E-state index in [1.165, 1.54) is 12.8 Å². The third kappa shape index (κ3) is 26.8. The molecule has 0 radical (unpaired) electrons. The number of esters is 3. The van der Waals surface area contributed by atoms with Crippen molar-refractivity contribution in [2.45, 2.75) is 196 Å². The maximum Gasteiger partial charge on any atom is 0.306 e. The molecule has 2 atom stereocenters. The van der Waals surface area contributed by atoms with Gasteiger partial charge in [0.1, 0.15) is 6.10 Å². The molecule has 1 aliphatic carbocycles. The average Bonchev–Trinajstić information content (AvgIpc) is 3.05. The van der Waals surface area contributed by atoms with Crippen LogP contribution in [0.4, 0.5) is 0 Å². The molecule has 0 aromatic rings. The highest BCUT2D eigenvalue weighted by Gasteiger charge is 2.32. The third-order valence-electron chi connectivity index (χ3n) is 11.6.